The Morgan fingerprint density at radius 3 is 2.44 bits per heavy atom. The summed E-state index contributed by atoms with van der Waals surface area (Å²) in [6.07, 6.45) is 5.54. The summed E-state index contributed by atoms with van der Waals surface area (Å²) in [4.78, 5) is 50.1. The number of rotatable bonds is 8. The lowest BCUT2D eigenvalue weighted by Gasteiger charge is -2.28. The first kappa shape index (κ1) is 27.5. The number of hydrogen-bond acceptors (Lipinski definition) is 8. The van der Waals surface area contributed by atoms with E-state index < -0.39 is 11.8 Å². The number of piperidine rings is 1. The summed E-state index contributed by atoms with van der Waals surface area (Å²) >= 11 is 0. The molecular formula is C30H36N6O5. The second-order valence-corrected chi connectivity index (χ2v) is 12.0. The molecule has 3 aromatic rings. The van der Waals surface area contributed by atoms with E-state index in [4.69, 9.17) is 9.47 Å². The Labute approximate surface area is 238 Å². The molecule has 0 unspecified atom stereocenters. The quantitative estimate of drug-likeness (QED) is 0.417. The highest BCUT2D eigenvalue weighted by atomic mass is 16.7. The standard InChI is InChI=1S/C30H36N6O5/c1-17-10-20(21-14-32-19(3)33-15-21)11-22-26(18(2)37)34-35(27(17)22)16-25(38)36-23(12-29(4)13-24(29)36)28(39)31-7-6-30(5)40-8-9-41-30/h10-11,14-15,23-24H,6-9,12-13,16H2,1-5H3,(H,31,39)/t23-,24+,29-/m0/s1. The Balaban J connectivity index is 1.24. The van der Waals surface area contributed by atoms with Gasteiger partial charge in [-0.05, 0) is 62.3 Å². The fraction of sp³-hybridized carbons (Fsp3) is 0.533. The molecule has 2 aromatic heterocycles. The van der Waals surface area contributed by atoms with Gasteiger partial charge in [0.2, 0.25) is 11.8 Å². The maximum Gasteiger partial charge on any atom is 0.245 e. The van der Waals surface area contributed by atoms with Crippen LogP contribution in [0.3, 0.4) is 0 Å². The molecule has 216 valence electrons. The molecule has 1 N–H and O–H groups in total. The molecule has 1 aromatic carbocycles. The minimum atomic E-state index is -0.688. The highest BCUT2D eigenvalue weighted by Crippen LogP contribution is 2.59. The van der Waals surface area contributed by atoms with E-state index in [1.165, 1.54) is 6.92 Å². The van der Waals surface area contributed by atoms with Gasteiger partial charge in [-0.15, -0.1) is 0 Å². The highest BCUT2D eigenvalue weighted by Gasteiger charge is 2.64. The van der Waals surface area contributed by atoms with Crippen LogP contribution in [0.1, 0.15) is 61.9 Å². The van der Waals surface area contributed by atoms with E-state index in [1.807, 2.05) is 32.9 Å². The number of aryl methyl sites for hydroxylation is 2. The van der Waals surface area contributed by atoms with Crippen molar-refractivity contribution in [3.05, 3.63) is 41.6 Å². The Hall–Kier alpha value is -3.70. The molecule has 3 fully saturated rings. The van der Waals surface area contributed by atoms with Crippen molar-refractivity contribution in [2.45, 2.75) is 78.3 Å². The number of nitrogens with one attached hydrogen (secondary N) is 1. The summed E-state index contributed by atoms with van der Waals surface area (Å²) in [5.41, 5.74) is 3.56. The van der Waals surface area contributed by atoms with E-state index in [1.54, 1.807) is 22.0 Å². The smallest absolute Gasteiger partial charge is 0.245 e. The number of hydrogen-bond donors (Lipinski definition) is 1. The number of carbonyl (C=O) groups excluding carboxylic acids is 3. The van der Waals surface area contributed by atoms with Gasteiger partial charge in [0.15, 0.2) is 11.6 Å². The minimum absolute atomic E-state index is 0.0214. The van der Waals surface area contributed by atoms with Crippen LogP contribution in [-0.2, 0) is 25.6 Å². The second-order valence-electron chi connectivity index (χ2n) is 12.0. The van der Waals surface area contributed by atoms with Crippen LogP contribution in [0.15, 0.2) is 24.5 Å². The Bertz CT molecular complexity index is 1540. The summed E-state index contributed by atoms with van der Waals surface area (Å²) in [5.74, 6) is -0.541. The Morgan fingerprint density at radius 2 is 1.76 bits per heavy atom. The van der Waals surface area contributed by atoms with Crippen LogP contribution in [-0.4, -0.2) is 79.9 Å². The maximum absolute atomic E-state index is 13.8. The topological polar surface area (TPSA) is 129 Å². The first-order valence-corrected chi connectivity index (χ1v) is 14.2. The molecule has 2 amide bonds. The number of ether oxygens (including phenoxy) is 2. The predicted molar refractivity (Wildman–Crippen MR) is 150 cm³/mol. The molecule has 2 aliphatic heterocycles. The first-order chi connectivity index (χ1) is 19.5. The van der Waals surface area contributed by atoms with Gasteiger partial charge in [0.25, 0.3) is 0 Å². The van der Waals surface area contributed by atoms with Crippen LogP contribution in [0.4, 0.5) is 0 Å². The number of amides is 2. The van der Waals surface area contributed by atoms with E-state index >= 15 is 0 Å². The summed E-state index contributed by atoms with van der Waals surface area (Å²) in [6.45, 7) is 10.7. The number of Topliss-reactive ketones (excluding diaryl/α,β-unsaturated/α-hetero) is 1. The summed E-state index contributed by atoms with van der Waals surface area (Å²) < 4.78 is 12.9. The van der Waals surface area contributed by atoms with Gasteiger partial charge >= 0.3 is 0 Å². The fourth-order valence-corrected chi connectivity index (χ4v) is 6.41. The molecule has 0 radical (unpaired) electrons. The largest absolute Gasteiger partial charge is 0.354 e. The lowest BCUT2D eigenvalue weighted by atomic mass is 10.0. The number of nitrogens with zero attached hydrogens (tertiary/aromatic N) is 5. The molecule has 4 heterocycles. The van der Waals surface area contributed by atoms with Crippen molar-refractivity contribution in [1.82, 2.24) is 30.0 Å². The zero-order valence-electron chi connectivity index (χ0n) is 24.2. The summed E-state index contributed by atoms with van der Waals surface area (Å²) in [6, 6.07) is 3.37. The second kappa shape index (κ2) is 9.99. The molecule has 3 atom stereocenters. The van der Waals surface area contributed by atoms with Gasteiger partial charge in [0.05, 0.1) is 18.7 Å². The lowest BCUT2D eigenvalue weighted by Crippen LogP contribution is -2.49. The maximum atomic E-state index is 13.8. The Morgan fingerprint density at radius 1 is 1.05 bits per heavy atom. The van der Waals surface area contributed by atoms with Gasteiger partial charge in [0.1, 0.15) is 24.1 Å². The predicted octanol–water partition coefficient (Wildman–Crippen LogP) is 2.96. The van der Waals surface area contributed by atoms with Crippen LogP contribution in [0, 0.1) is 19.3 Å². The van der Waals surface area contributed by atoms with E-state index in [0.29, 0.717) is 49.5 Å². The zero-order valence-corrected chi connectivity index (χ0v) is 24.2. The number of benzene rings is 1. The van der Waals surface area contributed by atoms with Crippen molar-refractivity contribution in [3.8, 4) is 11.1 Å². The van der Waals surface area contributed by atoms with Crippen LogP contribution < -0.4 is 5.32 Å². The van der Waals surface area contributed by atoms with Crippen molar-refractivity contribution in [2.24, 2.45) is 5.41 Å². The number of fused-ring (bicyclic) bond motifs is 2. The number of likely N-dealkylation sites (tertiary alicyclic amines) is 1. The summed E-state index contributed by atoms with van der Waals surface area (Å²) in [5, 5.41) is 8.27. The number of aromatic nitrogens is 4. The fourth-order valence-electron chi connectivity index (χ4n) is 6.41. The first-order valence-electron chi connectivity index (χ1n) is 14.2. The zero-order chi connectivity index (χ0) is 29.1. The highest BCUT2D eigenvalue weighted by molar-refractivity contribution is 6.07. The van der Waals surface area contributed by atoms with Crippen LogP contribution in [0.5, 0.6) is 0 Å². The minimum Gasteiger partial charge on any atom is -0.354 e. The molecule has 0 spiro atoms. The van der Waals surface area contributed by atoms with E-state index in [-0.39, 0.29) is 35.6 Å². The molecule has 41 heavy (non-hydrogen) atoms. The van der Waals surface area contributed by atoms with Crippen molar-refractivity contribution >= 4 is 28.5 Å². The molecule has 6 rings (SSSR count). The third kappa shape index (κ3) is 5.01. The van der Waals surface area contributed by atoms with Gasteiger partial charge in [-0.25, -0.2) is 9.97 Å². The molecule has 11 heteroatoms. The van der Waals surface area contributed by atoms with Crippen LogP contribution >= 0.6 is 0 Å². The third-order valence-corrected chi connectivity index (χ3v) is 8.77. The van der Waals surface area contributed by atoms with Crippen LogP contribution in [0.25, 0.3) is 22.0 Å². The molecule has 3 aliphatic rings. The number of ketones is 1. The molecule has 1 aliphatic carbocycles. The van der Waals surface area contributed by atoms with Gasteiger partial charge < -0.3 is 19.7 Å². The van der Waals surface area contributed by atoms with E-state index in [2.05, 4.69) is 27.3 Å². The van der Waals surface area contributed by atoms with Gasteiger partial charge in [0, 0.05) is 49.3 Å². The Kier molecular flexibility index (Phi) is 6.69. The molecular weight excluding hydrogens is 524 g/mol. The van der Waals surface area contributed by atoms with Crippen LogP contribution in [0.2, 0.25) is 0 Å². The van der Waals surface area contributed by atoms with E-state index in [0.717, 1.165) is 28.6 Å². The summed E-state index contributed by atoms with van der Waals surface area (Å²) in [7, 11) is 0. The molecule has 0 bridgehead atoms. The monoisotopic (exact) mass is 560 g/mol. The van der Waals surface area contributed by atoms with Gasteiger partial charge in [-0.1, -0.05) is 6.92 Å². The van der Waals surface area contributed by atoms with E-state index in [9.17, 15) is 14.4 Å². The normalized spacial score (nSPS) is 24.5. The van der Waals surface area contributed by atoms with Crippen molar-refractivity contribution < 1.29 is 23.9 Å². The third-order valence-electron chi connectivity index (χ3n) is 8.77. The molecule has 2 saturated heterocycles. The lowest BCUT2D eigenvalue weighted by molar-refractivity contribution is -0.148. The molecule has 11 nitrogen and oxygen atoms in total. The van der Waals surface area contributed by atoms with Crippen molar-refractivity contribution in [2.75, 3.05) is 19.8 Å². The van der Waals surface area contributed by atoms with Crippen molar-refractivity contribution in [1.29, 1.82) is 0 Å². The average molecular weight is 561 g/mol. The SMILES string of the molecule is CC(=O)c1nn(CC(=O)N2[C@H](C(=O)NCCC3(C)OCCO3)C[C@@]3(C)C[C@@H]23)c2c(C)cc(-c3cnc(C)nc3)cc12. The average Bonchev–Trinajstić information content (AvgIpc) is 3.23. The van der Waals surface area contributed by atoms with Crippen molar-refractivity contribution in [3.63, 3.8) is 0 Å². The number of carbonyl (C=O) groups is 3. The van der Waals surface area contributed by atoms with Gasteiger partial charge in [-0.2, -0.15) is 5.10 Å². The van der Waals surface area contributed by atoms with Gasteiger partial charge in [-0.3, -0.25) is 19.1 Å². The molecule has 1 saturated carbocycles.